The van der Waals surface area contributed by atoms with Gasteiger partial charge in [0.25, 0.3) is 0 Å². The summed E-state index contributed by atoms with van der Waals surface area (Å²) in [6, 6.07) is 38.4. The molecule has 154 valence electrons. The quantitative estimate of drug-likeness (QED) is 0.194. The fourth-order valence-corrected chi connectivity index (χ4v) is 8.16. The fourth-order valence-electron chi connectivity index (χ4n) is 6.44. The zero-order valence-corrected chi connectivity index (χ0v) is 20.0. The Morgan fingerprint density at radius 3 is 1.85 bits per heavy atom. The van der Waals surface area contributed by atoms with E-state index in [1.807, 2.05) is 11.3 Å². The maximum Gasteiger partial charge on any atom is 0.0725 e. The molecule has 0 aliphatic heterocycles. The van der Waals surface area contributed by atoms with Crippen molar-refractivity contribution >= 4 is 47.4 Å². The third-order valence-electron chi connectivity index (χ3n) is 7.57. The van der Waals surface area contributed by atoms with Crippen LogP contribution in [0.3, 0.4) is 0 Å². The zero-order chi connectivity index (χ0) is 21.7. The van der Waals surface area contributed by atoms with Gasteiger partial charge >= 0.3 is 0 Å². The highest BCUT2D eigenvalue weighted by atomic mass is 79.9. The van der Waals surface area contributed by atoms with Crippen LogP contribution in [-0.2, 0) is 5.41 Å². The van der Waals surface area contributed by atoms with Gasteiger partial charge < -0.3 is 0 Å². The number of halogens is 1. The molecule has 0 unspecified atom stereocenters. The molecule has 0 fully saturated rings. The van der Waals surface area contributed by atoms with E-state index in [9.17, 15) is 0 Å². The SMILES string of the molecule is Brc1cccc2c1sc1ccc3c(c12)-c1ccccc1C31c2ccccc2-c2ccccc21. The Hall–Kier alpha value is -3.20. The van der Waals surface area contributed by atoms with Crippen LogP contribution in [-0.4, -0.2) is 0 Å². The van der Waals surface area contributed by atoms with Gasteiger partial charge in [-0.2, -0.15) is 0 Å². The Balaban J connectivity index is 1.64. The average Bonchev–Trinajstić information content (AvgIpc) is 3.49. The maximum absolute atomic E-state index is 3.80. The molecule has 0 bridgehead atoms. The number of hydrogen-bond donors (Lipinski definition) is 0. The van der Waals surface area contributed by atoms with E-state index in [0.29, 0.717) is 0 Å². The average molecular weight is 501 g/mol. The van der Waals surface area contributed by atoms with Crippen LogP contribution in [0.1, 0.15) is 22.3 Å². The Bertz CT molecular complexity index is 1740. The molecule has 0 amide bonds. The molecule has 0 saturated carbocycles. The van der Waals surface area contributed by atoms with Crippen LogP contribution in [0.4, 0.5) is 0 Å². The van der Waals surface area contributed by atoms with Gasteiger partial charge in [0.2, 0.25) is 0 Å². The summed E-state index contributed by atoms with van der Waals surface area (Å²) in [5.74, 6) is 0. The zero-order valence-electron chi connectivity index (χ0n) is 17.6. The molecule has 0 saturated heterocycles. The molecular formula is C31H17BrS. The van der Waals surface area contributed by atoms with Gasteiger partial charge in [-0.3, -0.25) is 0 Å². The smallest absolute Gasteiger partial charge is 0.0725 e. The Morgan fingerprint density at radius 2 is 1.15 bits per heavy atom. The highest BCUT2D eigenvalue weighted by molar-refractivity contribution is 9.10. The minimum absolute atomic E-state index is 0.270. The molecule has 6 aromatic rings. The van der Waals surface area contributed by atoms with Crippen molar-refractivity contribution in [2.75, 3.05) is 0 Å². The van der Waals surface area contributed by atoms with Crippen LogP contribution in [0.2, 0.25) is 0 Å². The third-order valence-corrected chi connectivity index (χ3v) is 9.70. The van der Waals surface area contributed by atoms with Crippen molar-refractivity contribution in [3.63, 3.8) is 0 Å². The van der Waals surface area contributed by atoms with Gasteiger partial charge in [0.1, 0.15) is 0 Å². The third kappa shape index (κ3) is 2.04. The molecule has 1 heterocycles. The molecule has 0 radical (unpaired) electrons. The number of fused-ring (bicyclic) bond motifs is 14. The van der Waals surface area contributed by atoms with Crippen molar-refractivity contribution in [3.05, 3.63) is 130 Å². The molecule has 0 N–H and O–H groups in total. The minimum Gasteiger partial charge on any atom is -0.134 e. The van der Waals surface area contributed by atoms with Gasteiger partial charge in [0.05, 0.1) is 5.41 Å². The van der Waals surface area contributed by atoms with Gasteiger partial charge in [0, 0.05) is 24.6 Å². The molecule has 33 heavy (non-hydrogen) atoms. The first-order chi connectivity index (χ1) is 16.3. The summed E-state index contributed by atoms with van der Waals surface area (Å²) in [7, 11) is 0. The Kier molecular flexibility index (Phi) is 3.44. The molecule has 0 atom stereocenters. The Morgan fingerprint density at radius 1 is 0.545 bits per heavy atom. The normalized spacial score (nSPS) is 14.5. The highest BCUT2D eigenvalue weighted by Crippen LogP contribution is 2.64. The lowest BCUT2D eigenvalue weighted by atomic mass is 9.70. The van der Waals surface area contributed by atoms with E-state index in [1.165, 1.54) is 69.2 Å². The van der Waals surface area contributed by atoms with Crippen LogP contribution in [0.5, 0.6) is 0 Å². The summed E-state index contributed by atoms with van der Waals surface area (Å²) in [6.07, 6.45) is 0. The van der Waals surface area contributed by atoms with Crippen molar-refractivity contribution in [3.8, 4) is 22.3 Å². The largest absolute Gasteiger partial charge is 0.134 e. The lowest BCUT2D eigenvalue weighted by Gasteiger charge is -2.30. The van der Waals surface area contributed by atoms with Crippen molar-refractivity contribution in [2.24, 2.45) is 0 Å². The highest BCUT2D eigenvalue weighted by Gasteiger charge is 2.51. The summed E-state index contributed by atoms with van der Waals surface area (Å²) < 4.78 is 3.85. The molecule has 1 aromatic heterocycles. The van der Waals surface area contributed by atoms with Crippen LogP contribution < -0.4 is 0 Å². The lowest BCUT2D eigenvalue weighted by molar-refractivity contribution is 0.794. The van der Waals surface area contributed by atoms with Gasteiger partial charge in [-0.1, -0.05) is 91.0 Å². The number of rotatable bonds is 0. The van der Waals surface area contributed by atoms with Gasteiger partial charge in [0.15, 0.2) is 0 Å². The van der Waals surface area contributed by atoms with E-state index in [0.717, 1.165) is 0 Å². The first-order valence-corrected chi connectivity index (χ1v) is 12.8. The fraction of sp³-hybridized carbons (Fsp3) is 0.0323. The van der Waals surface area contributed by atoms with E-state index in [1.54, 1.807) is 0 Å². The monoisotopic (exact) mass is 500 g/mol. The lowest BCUT2D eigenvalue weighted by Crippen LogP contribution is -2.25. The van der Waals surface area contributed by atoms with Crippen LogP contribution in [0, 0.1) is 0 Å². The van der Waals surface area contributed by atoms with E-state index in [2.05, 4.69) is 119 Å². The summed E-state index contributed by atoms with van der Waals surface area (Å²) in [4.78, 5) is 0. The van der Waals surface area contributed by atoms with Crippen molar-refractivity contribution < 1.29 is 0 Å². The molecular weight excluding hydrogens is 484 g/mol. The van der Waals surface area contributed by atoms with Crippen LogP contribution in [0.15, 0.2) is 108 Å². The summed E-state index contributed by atoms with van der Waals surface area (Å²) in [5, 5.41) is 2.73. The molecule has 2 aliphatic rings. The van der Waals surface area contributed by atoms with Gasteiger partial charge in [-0.15, -0.1) is 11.3 Å². The predicted octanol–water partition coefficient (Wildman–Crippen LogP) is 9.16. The standard InChI is InChI=1S/C31H17BrS/c32-26-15-7-11-21-29-27(33-30(21)26)17-16-25-28(29)20-10-3-6-14-24(20)31(25)22-12-4-1-8-18(22)19-9-2-5-13-23(19)31/h1-17H. The van der Waals surface area contributed by atoms with E-state index < -0.39 is 0 Å². The van der Waals surface area contributed by atoms with E-state index in [4.69, 9.17) is 0 Å². The molecule has 2 aliphatic carbocycles. The molecule has 8 rings (SSSR count). The minimum atomic E-state index is -0.270. The van der Waals surface area contributed by atoms with E-state index >= 15 is 0 Å². The van der Waals surface area contributed by atoms with Crippen LogP contribution in [0.25, 0.3) is 42.4 Å². The number of hydrogen-bond acceptors (Lipinski definition) is 1. The topological polar surface area (TPSA) is 0 Å². The van der Waals surface area contributed by atoms with Crippen molar-refractivity contribution in [1.82, 2.24) is 0 Å². The summed E-state index contributed by atoms with van der Waals surface area (Å²) in [6.45, 7) is 0. The second kappa shape index (κ2) is 6.22. The first-order valence-electron chi connectivity index (χ1n) is 11.2. The van der Waals surface area contributed by atoms with E-state index in [-0.39, 0.29) is 5.41 Å². The predicted molar refractivity (Wildman–Crippen MR) is 143 cm³/mol. The maximum atomic E-state index is 3.80. The number of benzene rings is 5. The second-order valence-electron chi connectivity index (χ2n) is 8.97. The van der Waals surface area contributed by atoms with Gasteiger partial charge in [-0.25, -0.2) is 0 Å². The summed E-state index contributed by atoms with van der Waals surface area (Å²) in [5.41, 5.74) is 10.8. The van der Waals surface area contributed by atoms with Crippen molar-refractivity contribution in [1.29, 1.82) is 0 Å². The number of thiophene rings is 1. The first kappa shape index (κ1) is 18.3. The van der Waals surface area contributed by atoms with Crippen LogP contribution >= 0.6 is 27.3 Å². The molecule has 0 nitrogen and oxygen atoms in total. The molecule has 5 aromatic carbocycles. The molecule has 2 heteroatoms. The Labute approximate surface area is 204 Å². The molecule has 1 spiro atoms. The van der Waals surface area contributed by atoms with Gasteiger partial charge in [-0.05, 0) is 72.6 Å². The summed E-state index contributed by atoms with van der Waals surface area (Å²) >= 11 is 5.68. The van der Waals surface area contributed by atoms with Crippen molar-refractivity contribution in [2.45, 2.75) is 5.41 Å². The second-order valence-corrected chi connectivity index (χ2v) is 10.9.